The molecule has 2 aromatic heterocycles. The van der Waals surface area contributed by atoms with E-state index in [0.717, 1.165) is 21.4 Å². The highest BCUT2D eigenvalue weighted by Gasteiger charge is 2.31. The number of carboxylic acids is 1. The van der Waals surface area contributed by atoms with Gasteiger partial charge in [-0.3, -0.25) is 24.8 Å². The van der Waals surface area contributed by atoms with Crippen LogP contribution in [-0.2, 0) is 21.2 Å². The van der Waals surface area contributed by atoms with E-state index in [1.165, 1.54) is 0 Å². The van der Waals surface area contributed by atoms with Crippen molar-refractivity contribution in [3.63, 3.8) is 0 Å². The zero-order valence-electron chi connectivity index (χ0n) is 26.2. The first-order valence-corrected chi connectivity index (χ1v) is 16.0. The van der Waals surface area contributed by atoms with Crippen molar-refractivity contribution >= 4 is 49.8 Å². The van der Waals surface area contributed by atoms with Crippen molar-refractivity contribution < 1.29 is 18.3 Å². The lowest BCUT2D eigenvalue weighted by Gasteiger charge is -2.22. The molecule has 1 atom stereocenters. The Bertz CT molecular complexity index is 2280. The first-order valence-electron chi connectivity index (χ1n) is 14.5. The molecule has 0 aliphatic heterocycles. The fourth-order valence-electron chi connectivity index (χ4n) is 5.59. The summed E-state index contributed by atoms with van der Waals surface area (Å²) < 4.78 is 30.9. The molecule has 46 heavy (non-hydrogen) atoms. The van der Waals surface area contributed by atoms with Crippen molar-refractivity contribution in [2.24, 2.45) is 0 Å². The van der Waals surface area contributed by atoms with Crippen LogP contribution in [0.5, 0.6) is 0 Å². The van der Waals surface area contributed by atoms with Crippen molar-refractivity contribution in [3.05, 3.63) is 108 Å². The van der Waals surface area contributed by atoms with Gasteiger partial charge in [-0.1, -0.05) is 36.4 Å². The number of hydrogen-bond acceptors (Lipinski definition) is 8. The number of para-hydroxylation sites is 1. The van der Waals surface area contributed by atoms with Gasteiger partial charge in [0.1, 0.15) is 11.9 Å². The van der Waals surface area contributed by atoms with E-state index in [1.807, 2.05) is 20.8 Å². The summed E-state index contributed by atoms with van der Waals surface area (Å²) in [7, 11) is -4.35. The number of carbonyl (C=O) groups is 1. The average Bonchev–Trinajstić information content (AvgIpc) is 3.00. The minimum absolute atomic E-state index is 0.00951. The SMILES string of the molecule is C/C=C/c1cccc2nc(CC(NS(=O)(=O)c3c(C)c(C)c(C)c(C)c3C)C(=O)O)n(Nc3nc4ccccc4c(=O)[nH]3)c(=O)c12. The number of nitrogens with zero attached hydrogens (tertiary/aromatic N) is 3. The van der Waals surface area contributed by atoms with Crippen LogP contribution >= 0.6 is 0 Å². The Morgan fingerprint density at radius 2 is 1.57 bits per heavy atom. The monoisotopic (exact) mass is 642 g/mol. The molecule has 0 aliphatic rings. The fourth-order valence-corrected chi connectivity index (χ4v) is 7.38. The average molecular weight is 643 g/mol. The first-order chi connectivity index (χ1) is 21.7. The maximum atomic E-state index is 14.1. The Balaban J connectivity index is 1.66. The summed E-state index contributed by atoms with van der Waals surface area (Å²) in [4.78, 5) is 51.1. The van der Waals surface area contributed by atoms with E-state index in [-0.39, 0.29) is 27.6 Å². The van der Waals surface area contributed by atoms with Gasteiger partial charge in [-0.15, -0.1) is 0 Å². The molecule has 4 N–H and O–H groups in total. The minimum Gasteiger partial charge on any atom is -0.480 e. The Morgan fingerprint density at radius 3 is 2.22 bits per heavy atom. The van der Waals surface area contributed by atoms with Crippen LogP contribution in [0.25, 0.3) is 27.9 Å². The zero-order chi connectivity index (χ0) is 33.5. The van der Waals surface area contributed by atoms with Crippen molar-refractivity contribution in [1.29, 1.82) is 0 Å². The Kier molecular flexibility index (Phi) is 8.65. The van der Waals surface area contributed by atoms with Crippen LogP contribution in [-0.4, -0.2) is 45.2 Å². The number of anilines is 1. The number of fused-ring (bicyclic) bond motifs is 2. The number of hydrogen-bond donors (Lipinski definition) is 4. The lowest BCUT2D eigenvalue weighted by atomic mass is 9.95. The number of aromatic amines is 1. The Labute approximate surface area is 264 Å². The maximum Gasteiger partial charge on any atom is 0.322 e. The number of carboxylic acid groups (broad SMARTS) is 1. The van der Waals surface area contributed by atoms with Gasteiger partial charge in [-0.2, -0.15) is 4.72 Å². The van der Waals surface area contributed by atoms with Gasteiger partial charge in [0.25, 0.3) is 11.1 Å². The van der Waals surface area contributed by atoms with Crippen molar-refractivity contribution in [3.8, 4) is 0 Å². The molecule has 0 radical (unpaired) electrons. The molecule has 0 bridgehead atoms. The summed E-state index contributed by atoms with van der Waals surface area (Å²) in [6, 6.07) is 9.98. The third-order valence-corrected chi connectivity index (χ3v) is 10.1. The maximum absolute atomic E-state index is 14.1. The van der Waals surface area contributed by atoms with Gasteiger partial charge in [0.15, 0.2) is 0 Å². The first kappa shape index (κ1) is 32.3. The molecule has 1 unspecified atom stereocenters. The van der Waals surface area contributed by atoms with Crippen molar-refractivity contribution in [2.45, 2.75) is 58.9 Å². The number of H-pyrrole nitrogens is 1. The van der Waals surface area contributed by atoms with Crippen molar-refractivity contribution in [2.75, 3.05) is 5.43 Å². The highest BCUT2D eigenvalue weighted by molar-refractivity contribution is 7.89. The van der Waals surface area contributed by atoms with Crippen LogP contribution in [0.4, 0.5) is 5.95 Å². The second kappa shape index (κ2) is 12.3. The standard InChI is InChI=1S/C33H34N6O6S/c1-7-11-22-12-10-15-25-28(22)31(41)39(37-33-35-24-14-9-8-13-23(24)30(40)36-33)27(34-25)16-26(32(42)43)38-46(44,45)29-20(5)18(3)17(2)19(4)21(29)6/h7-15,26,38H,16H2,1-6H3,(H,42,43)(H2,35,36,37,40)/b11-7+. The molecule has 0 saturated heterocycles. The van der Waals surface area contributed by atoms with E-state index in [2.05, 4.69) is 25.1 Å². The summed E-state index contributed by atoms with van der Waals surface area (Å²) in [5, 5.41) is 10.8. The second-order valence-corrected chi connectivity index (χ2v) is 12.8. The smallest absolute Gasteiger partial charge is 0.322 e. The lowest BCUT2D eigenvalue weighted by molar-refractivity contribution is -0.139. The summed E-state index contributed by atoms with van der Waals surface area (Å²) in [6.45, 7) is 10.7. The topological polar surface area (TPSA) is 176 Å². The summed E-state index contributed by atoms with van der Waals surface area (Å²) in [5.74, 6) is -1.67. The molecular weight excluding hydrogens is 608 g/mol. The number of sulfonamides is 1. The number of allylic oxidation sites excluding steroid dienone is 1. The van der Waals surface area contributed by atoms with Crippen LogP contribution in [0.3, 0.4) is 0 Å². The van der Waals surface area contributed by atoms with Gasteiger partial charge in [0, 0.05) is 6.42 Å². The van der Waals surface area contributed by atoms with Gasteiger partial charge in [-0.25, -0.2) is 23.1 Å². The molecule has 0 spiro atoms. The molecule has 0 aliphatic carbocycles. The molecule has 13 heteroatoms. The summed E-state index contributed by atoms with van der Waals surface area (Å²) in [5.41, 5.74) is 6.49. The number of benzene rings is 3. The fraction of sp³-hybridized carbons (Fsp3) is 0.242. The van der Waals surface area contributed by atoms with Gasteiger partial charge in [0.2, 0.25) is 16.0 Å². The molecule has 0 fully saturated rings. The largest absolute Gasteiger partial charge is 0.480 e. The molecule has 5 rings (SSSR count). The number of rotatable bonds is 9. The quantitative estimate of drug-likeness (QED) is 0.185. The van der Waals surface area contributed by atoms with Crippen LogP contribution in [0.1, 0.15) is 46.1 Å². The molecule has 2 heterocycles. The summed E-state index contributed by atoms with van der Waals surface area (Å²) in [6.07, 6.45) is 2.96. The van der Waals surface area contributed by atoms with Crippen LogP contribution in [0.15, 0.2) is 63.0 Å². The molecule has 238 valence electrons. The van der Waals surface area contributed by atoms with E-state index in [0.29, 0.717) is 27.6 Å². The third-order valence-electron chi connectivity index (χ3n) is 8.36. The number of nitrogens with one attached hydrogen (secondary N) is 3. The minimum atomic E-state index is -4.35. The predicted molar refractivity (Wildman–Crippen MR) is 178 cm³/mol. The molecule has 0 amide bonds. The van der Waals surface area contributed by atoms with E-state index in [1.54, 1.807) is 75.4 Å². The van der Waals surface area contributed by atoms with Gasteiger partial charge in [-0.05, 0) is 93.1 Å². The normalized spacial score (nSPS) is 12.7. The Morgan fingerprint density at radius 1 is 0.935 bits per heavy atom. The van der Waals surface area contributed by atoms with Gasteiger partial charge in [0.05, 0.1) is 26.7 Å². The molecule has 3 aromatic carbocycles. The molecule has 12 nitrogen and oxygen atoms in total. The number of aliphatic carboxylic acids is 1. The lowest BCUT2D eigenvalue weighted by Crippen LogP contribution is -2.44. The molecule has 0 saturated carbocycles. The summed E-state index contributed by atoms with van der Waals surface area (Å²) >= 11 is 0. The number of aromatic nitrogens is 4. The predicted octanol–water partition coefficient (Wildman–Crippen LogP) is 4.06. The van der Waals surface area contributed by atoms with Crippen LogP contribution < -0.4 is 21.3 Å². The van der Waals surface area contributed by atoms with Crippen molar-refractivity contribution in [1.82, 2.24) is 24.4 Å². The van der Waals surface area contributed by atoms with Crippen LogP contribution in [0.2, 0.25) is 0 Å². The van der Waals surface area contributed by atoms with E-state index < -0.39 is 39.6 Å². The third kappa shape index (κ3) is 5.82. The highest BCUT2D eigenvalue weighted by Crippen LogP contribution is 2.30. The molecule has 5 aromatic rings. The van der Waals surface area contributed by atoms with E-state index in [4.69, 9.17) is 0 Å². The molecular formula is C33H34N6O6S. The Hall–Kier alpha value is -5.14. The van der Waals surface area contributed by atoms with E-state index in [9.17, 15) is 27.9 Å². The highest BCUT2D eigenvalue weighted by atomic mass is 32.2. The zero-order valence-corrected chi connectivity index (χ0v) is 27.0. The van der Waals surface area contributed by atoms with E-state index >= 15 is 0 Å². The van der Waals surface area contributed by atoms with Gasteiger partial charge >= 0.3 is 5.97 Å². The van der Waals surface area contributed by atoms with Gasteiger partial charge < -0.3 is 5.11 Å². The second-order valence-electron chi connectivity index (χ2n) is 11.1. The van der Waals surface area contributed by atoms with Crippen LogP contribution in [0, 0.1) is 34.6 Å².